The van der Waals surface area contributed by atoms with E-state index in [2.05, 4.69) is 20.3 Å². The second-order valence-corrected chi connectivity index (χ2v) is 6.48. The number of rotatable bonds is 6. The van der Waals surface area contributed by atoms with Crippen molar-refractivity contribution in [1.29, 1.82) is 0 Å². The Bertz CT molecular complexity index is 947. The quantitative estimate of drug-likeness (QED) is 0.463. The molecule has 4 rings (SSSR count). The molecule has 0 aliphatic carbocycles. The summed E-state index contributed by atoms with van der Waals surface area (Å²) >= 11 is 0. The minimum Gasteiger partial charge on any atom is -0.497 e. The maximum atomic E-state index is 10.3. The summed E-state index contributed by atoms with van der Waals surface area (Å²) in [5, 5.41) is 32.7. The van der Waals surface area contributed by atoms with Crippen molar-refractivity contribution in [3.8, 4) is 5.75 Å². The van der Waals surface area contributed by atoms with Crippen molar-refractivity contribution in [1.82, 2.24) is 19.5 Å². The largest absolute Gasteiger partial charge is 0.497 e. The molecule has 3 aromatic rings. The van der Waals surface area contributed by atoms with Crippen LogP contribution in [-0.2, 0) is 11.3 Å². The maximum absolute atomic E-state index is 10.3. The van der Waals surface area contributed by atoms with Crippen LogP contribution in [0.4, 0.5) is 5.82 Å². The molecule has 4 atom stereocenters. The van der Waals surface area contributed by atoms with Crippen LogP contribution in [0.15, 0.2) is 36.9 Å². The molecule has 0 unspecified atom stereocenters. The predicted molar refractivity (Wildman–Crippen MR) is 98.7 cm³/mol. The summed E-state index contributed by atoms with van der Waals surface area (Å²) in [5.74, 6) is 1.32. The molecule has 0 radical (unpaired) electrons. The molecule has 1 aromatic carbocycles. The number of hydrogen-bond donors (Lipinski definition) is 4. The molecule has 0 saturated carbocycles. The van der Waals surface area contributed by atoms with Crippen molar-refractivity contribution in [3.63, 3.8) is 0 Å². The van der Waals surface area contributed by atoms with Gasteiger partial charge < -0.3 is 30.1 Å². The third-order valence-corrected chi connectivity index (χ3v) is 4.77. The SMILES string of the molecule is COc1ccc(CNc2ncnc3c2ncn3[C@@H]2O[C@H](CO)[C@@H](O)[C@@H]2O)cc1. The van der Waals surface area contributed by atoms with Crippen molar-refractivity contribution < 1.29 is 24.8 Å². The molecule has 3 heterocycles. The van der Waals surface area contributed by atoms with Crippen LogP contribution in [-0.4, -0.2) is 66.9 Å². The average Bonchev–Trinajstić information content (AvgIpc) is 3.28. The third-order valence-electron chi connectivity index (χ3n) is 4.77. The first-order chi connectivity index (χ1) is 13.6. The summed E-state index contributed by atoms with van der Waals surface area (Å²) in [6, 6.07) is 7.65. The van der Waals surface area contributed by atoms with E-state index in [9.17, 15) is 15.3 Å². The number of hydrogen-bond acceptors (Lipinski definition) is 9. The molecule has 2 aromatic heterocycles. The number of nitrogens with one attached hydrogen (secondary N) is 1. The Morgan fingerprint density at radius 1 is 1.14 bits per heavy atom. The van der Waals surface area contributed by atoms with Crippen molar-refractivity contribution in [3.05, 3.63) is 42.5 Å². The fourth-order valence-electron chi connectivity index (χ4n) is 3.21. The number of benzene rings is 1. The molecule has 1 aliphatic rings. The van der Waals surface area contributed by atoms with Gasteiger partial charge in [0, 0.05) is 6.54 Å². The van der Waals surface area contributed by atoms with E-state index in [-0.39, 0.29) is 0 Å². The number of ether oxygens (including phenoxy) is 2. The molecule has 0 spiro atoms. The highest BCUT2D eigenvalue weighted by Gasteiger charge is 2.44. The second-order valence-electron chi connectivity index (χ2n) is 6.48. The van der Waals surface area contributed by atoms with Gasteiger partial charge in [0.1, 0.15) is 30.4 Å². The number of imidazole rings is 1. The first kappa shape index (κ1) is 18.6. The zero-order chi connectivity index (χ0) is 19.7. The number of aliphatic hydroxyl groups is 3. The standard InChI is InChI=1S/C18H21N5O5/c1-27-11-4-2-10(3-5-11)6-19-16-13-17(21-8-20-16)23(9-22-13)18-15(26)14(25)12(7-24)28-18/h2-5,8-9,12,14-15,18,24-26H,6-7H2,1H3,(H,19,20,21)/t12-,14-,15+,18-/m1/s1. The Kier molecular flexibility index (Phi) is 5.09. The van der Waals surface area contributed by atoms with E-state index in [1.165, 1.54) is 17.2 Å². The fourth-order valence-corrected chi connectivity index (χ4v) is 3.21. The van der Waals surface area contributed by atoms with Crippen molar-refractivity contribution in [2.75, 3.05) is 19.0 Å². The van der Waals surface area contributed by atoms with E-state index >= 15 is 0 Å². The lowest BCUT2D eigenvalue weighted by Gasteiger charge is -2.16. The molecule has 0 bridgehead atoms. The summed E-state index contributed by atoms with van der Waals surface area (Å²) in [4.78, 5) is 12.8. The van der Waals surface area contributed by atoms with Crippen LogP contribution < -0.4 is 10.1 Å². The monoisotopic (exact) mass is 387 g/mol. The smallest absolute Gasteiger partial charge is 0.167 e. The van der Waals surface area contributed by atoms with Crippen LogP contribution in [0.2, 0.25) is 0 Å². The molecule has 148 valence electrons. The van der Waals surface area contributed by atoms with Crippen molar-refractivity contribution in [2.24, 2.45) is 0 Å². The van der Waals surface area contributed by atoms with Crippen LogP contribution in [0.5, 0.6) is 5.75 Å². The van der Waals surface area contributed by atoms with Crippen molar-refractivity contribution >= 4 is 17.0 Å². The Labute approximate surface area is 160 Å². The molecular formula is C18H21N5O5. The van der Waals surface area contributed by atoms with Gasteiger partial charge in [0.15, 0.2) is 23.2 Å². The molecule has 1 aliphatic heterocycles. The molecular weight excluding hydrogens is 366 g/mol. The molecule has 10 heteroatoms. The number of aromatic nitrogens is 4. The summed E-state index contributed by atoms with van der Waals surface area (Å²) in [5.41, 5.74) is 1.99. The third kappa shape index (κ3) is 3.27. The lowest BCUT2D eigenvalue weighted by molar-refractivity contribution is -0.0511. The number of anilines is 1. The van der Waals surface area contributed by atoms with E-state index < -0.39 is 31.1 Å². The highest BCUT2D eigenvalue weighted by Crippen LogP contribution is 2.32. The first-order valence-corrected chi connectivity index (χ1v) is 8.79. The topological polar surface area (TPSA) is 135 Å². The van der Waals surface area contributed by atoms with Crippen LogP contribution in [0.25, 0.3) is 11.2 Å². The lowest BCUT2D eigenvalue weighted by atomic mass is 10.1. The van der Waals surface area contributed by atoms with Gasteiger partial charge in [0.2, 0.25) is 0 Å². The fraction of sp³-hybridized carbons (Fsp3) is 0.389. The summed E-state index contributed by atoms with van der Waals surface area (Å²) in [6.45, 7) is 0.127. The van der Waals surface area contributed by atoms with E-state index in [0.29, 0.717) is 23.5 Å². The summed E-state index contributed by atoms with van der Waals surface area (Å²) in [7, 11) is 1.62. The summed E-state index contributed by atoms with van der Waals surface area (Å²) < 4.78 is 12.2. The normalized spacial score (nSPS) is 24.6. The van der Waals surface area contributed by atoms with Gasteiger partial charge in [-0.2, -0.15) is 0 Å². The Morgan fingerprint density at radius 2 is 1.93 bits per heavy atom. The molecule has 4 N–H and O–H groups in total. The van der Waals surface area contributed by atoms with Gasteiger partial charge in [-0.1, -0.05) is 12.1 Å². The highest BCUT2D eigenvalue weighted by molar-refractivity contribution is 5.82. The molecule has 28 heavy (non-hydrogen) atoms. The highest BCUT2D eigenvalue weighted by atomic mass is 16.6. The van der Waals surface area contributed by atoms with Crippen LogP contribution in [0.3, 0.4) is 0 Å². The van der Waals surface area contributed by atoms with Crippen LogP contribution >= 0.6 is 0 Å². The van der Waals surface area contributed by atoms with E-state index in [4.69, 9.17) is 9.47 Å². The van der Waals surface area contributed by atoms with Gasteiger partial charge in [0.25, 0.3) is 0 Å². The van der Waals surface area contributed by atoms with E-state index in [1.807, 2.05) is 24.3 Å². The molecule has 1 fully saturated rings. The number of methoxy groups -OCH3 is 1. The minimum atomic E-state index is -1.21. The van der Waals surface area contributed by atoms with Gasteiger partial charge in [-0.05, 0) is 17.7 Å². The zero-order valence-electron chi connectivity index (χ0n) is 15.1. The molecule has 10 nitrogen and oxygen atoms in total. The predicted octanol–water partition coefficient (Wildman–Crippen LogP) is 0.0585. The lowest BCUT2D eigenvalue weighted by Crippen LogP contribution is -2.33. The second kappa shape index (κ2) is 7.68. The Hall–Kier alpha value is -2.79. The molecule has 1 saturated heterocycles. The van der Waals surface area contributed by atoms with Gasteiger partial charge in [-0.15, -0.1) is 0 Å². The van der Waals surface area contributed by atoms with Crippen molar-refractivity contribution in [2.45, 2.75) is 31.1 Å². The van der Waals surface area contributed by atoms with Gasteiger partial charge in [-0.25, -0.2) is 15.0 Å². The first-order valence-electron chi connectivity index (χ1n) is 8.79. The van der Waals surface area contributed by atoms with E-state index in [1.54, 1.807) is 7.11 Å². The van der Waals surface area contributed by atoms with Gasteiger partial charge in [0.05, 0.1) is 20.0 Å². The minimum absolute atomic E-state index is 0.398. The molecule has 0 amide bonds. The average molecular weight is 387 g/mol. The van der Waals surface area contributed by atoms with Gasteiger partial charge >= 0.3 is 0 Å². The van der Waals surface area contributed by atoms with Crippen LogP contribution in [0.1, 0.15) is 11.8 Å². The van der Waals surface area contributed by atoms with Crippen LogP contribution in [0, 0.1) is 0 Å². The number of fused-ring (bicyclic) bond motifs is 1. The number of aliphatic hydroxyl groups excluding tert-OH is 3. The van der Waals surface area contributed by atoms with E-state index in [0.717, 1.165) is 11.3 Å². The summed E-state index contributed by atoms with van der Waals surface area (Å²) in [6.07, 6.45) is -1.31. The Morgan fingerprint density at radius 3 is 2.61 bits per heavy atom. The van der Waals surface area contributed by atoms with Gasteiger partial charge in [-0.3, -0.25) is 4.57 Å². The maximum Gasteiger partial charge on any atom is 0.167 e. The number of nitrogens with zero attached hydrogens (tertiary/aromatic N) is 4. The zero-order valence-corrected chi connectivity index (χ0v) is 15.1. The Balaban J connectivity index is 1.56.